The number of aromatic nitrogens is 8. The second-order valence-electron chi connectivity index (χ2n) is 9.93. The molecule has 6 aromatic rings. The molecule has 3 N–H and O–H groups in total. The molecule has 0 bridgehead atoms. The van der Waals surface area contributed by atoms with Gasteiger partial charge in [0, 0.05) is 60.4 Å². The number of hydrogen-bond acceptors (Lipinski definition) is 7. The Hall–Kier alpha value is -4.50. The van der Waals surface area contributed by atoms with Crippen molar-refractivity contribution >= 4 is 22.2 Å². The summed E-state index contributed by atoms with van der Waals surface area (Å²) in [6, 6.07) is 10.2. The van der Waals surface area contributed by atoms with Crippen molar-refractivity contribution in [1.82, 2.24) is 45.4 Å². The molecule has 1 aliphatic carbocycles. The average Bonchev–Trinajstić information content (AvgIpc) is 3.73. The molecular formula is C29H27N9. The maximum atomic E-state index is 4.90. The van der Waals surface area contributed by atoms with Gasteiger partial charge in [-0.1, -0.05) is 12.8 Å². The van der Waals surface area contributed by atoms with Crippen LogP contribution < -0.4 is 5.32 Å². The van der Waals surface area contributed by atoms with E-state index in [0.29, 0.717) is 22.8 Å². The van der Waals surface area contributed by atoms with Crippen molar-refractivity contribution in [2.75, 3.05) is 6.54 Å². The maximum Gasteiger partial charge on any atom is 0.161 e. The third kappa shape index (κ3) is 4.31. The van der Waals surface area contributed by atoms with Crippen LogP contribution in [0, 0.1) is 5.92 Å². The monoisotopic (exact) mass is 501 g/mol. The zero-order valence-corrected chi connectivity index (χ0v) is 20.9. The Morgan fingerprint density at radius 1 is 0.842 bits per heavy atom. The van der Waals surface area contributed by atoms with Crippen molar-refractivity contribution in [2.45, 2.75) is 32.2 Å². The highest BCUT2D eigenvalue weighted by molar-refractivity contribution is 5.96. The minimum atomic E-state index is 0.641. The molecule has 0 saturated heterocycles. The predicted octanol–water partition coefficient (Wildman–Crippen LogP) is 5.30. The van der Waals surface area contributed by atoms with E-state index >= 15 is 0 Å². The number of pyridine rings is 4. The minimum absolute atomic E-state index is 0.641. The summed E-state index contributed by atoms with van der Waals surface area (Å²) in [6.07, 6.45) is 16.4. The molecule has 0 aromatic carbocycles. The molecule has 0 spiro atoms. The van der Waals surface area contributed by atoms with Gasteiger partial charge in [-0.05, 0) is 66.8 Å². The van der Waals surface area contributed by atoms with Crippen LogP contribution in [0.1, 0.15) is 31.2 Å². The first kappa shape index (κ1) is 22.7. The van der Waals surface area contributed by atoms with Crippen molar-refractivity contribution in [3.8, 4) is 33.8 Å². The minimum Gasteiger partial charge on any atom is -0.321 e. The summed E-state index contributed by atoms with van der Waals surface area (Å²) in [5, 5.41) is 12.1. The van der Waals surface area contributed by atoms with E-state index in [0.717, 1.165) is 52.2 Å². The molecule has 1 saturated carbocycles. The summed E-state index contributed by atoms with van der Waals surface area (Å²) in [4.78, 5) is 26.0. The van der Waals surface area contributed by atoms with Crippen molar-refractivity contribution in [1.29, 1.82) is 0 Å². The van der Waals surface area contributed by atoms with Gasteiger partial charge < -0.3 is 10.3 Å². The first-order valence-corrected chi connectivity index (χ1v) is 13.1. The van der Waals surface area contributed by atoms with E-state index in [1.54, 1.807) is 18.6 Å². The Morgan fingerprint density at radius 2 is 1.71 bits per heavy atom. The topological polar surface area (TPSA) is 121 Å². The van der Waals surface area contributed by atoms with Gasteiger partial charge in [0.2, 0.25) is 0 Å². The van der Waals surface area contributed by atoms with Crippen molar-refractivity contribution < 1.29 is 0 Å². The van der Waals surface area contributed by atoms with Gasteiger partial charge in [-0.25, -0.2) is 15.0 Å². The first-order chi connectivity index (χ1) is 18.8. The van der Waals surface area contributed by atoms with Crippen LogP contribution in [0.3, 0.4) is 0 Å². The van der Waals surface area contributed by atoms with E-state index < -0.39 is 0 Å². The lowest BCUT2D eigenvalue weighted by Gasteiger charge is -2.11. The van der Waals surface area contributed by atoms with Gasteiger partial charge >= 0.3 is 0 Å². The van der Waals surface area contributed by atoms with E-state index in [1.165, 1.54) is 31.2 Å². The Kier molecular flexibility index (Phi) is 5.82. The van der Waals surface area contributed by atoms with Crippen LogP contribution in [0.25, 0.3) is 56.0 Å². The van der Waals surface area contributed by atoms with Gasteiger partial charge in [-0.2, -0.15) is 5.10 Å². The molecule has 0 unspecified atom stereocenters. The SMILES string of the molecule is c1cc(-c2ccnc3[nH]c(-c4n[nH]c5ncc(-c6cncc(CNCC7CCCC7)c6)cc45)nc23)ccn1. The molecule has 9 nitrogen and oxygen atoms in total. The third-order valence-electron chi connectivity index (χ3n) is 7.38. The smallest absolute Gasteiger partial charge is 0.161 e. The predicted molar refractivity (Wildman–Crippen MR) is 147 cm³/mol. The molecule has 188 valence electrons. The molecule has 6 heterocycles. The average molecular weight is 502 g/mol. The number of nitrogens with zero attached hydrogens (tertiary/aromatic N) is 6. The zero-order valence-electron chi connectivity index (χ0n) is 20.9. The third-order valence-corrected chi connectivity index (χ3v) is 7.38. The largest absolute Gasteiger partial charge is 0.321 e. The molecule has 0 radical (unpaired) electrons. The number of rotatable bonds is 7. The summed E-state index contributed by atoms with van der Waals surface area (Å²) < 4.78 is 0. The fraction of sp³-hybridized carbons (Fsp3) is 0.241. The maximum absolute atomic E-state index is 4.90. The molecule has 1 aliphatic rings. The summed E-state index contributed by atoms with van der Waals surface area (Å²) in [5.74, 6) is 1.45. The highest BCUT2D eigenvalue weighted by Gasteiger charge is 2.17. The van der Waals surface area contributed by atoms with E-state index in [-0.39, 0.29) is 0 Å². The molecule has 6 aromatic heterocycles. The van der Waals surface area contributed by atoms with Crippen molar-refractivity contribution in [3.05, 3.63) is 73.1 Å². The lowest BCUT2D eigenvalue weighted by atomic mass is 10.1. The van der Waals surface area contributed by atoms with E-state index in [9.17, 15) is 0 Å². The van der Waals surface area contributed by atoms with Gasteiger partial charge in [-0.15, -0.1) is 0 Å². The number of nitrogens with one attached hydrogen (secondary N) is 3. The van der Waals surface area contributed by atoms with Gasteiger partial charge in [0.05, 0.1) is 5.39 Å². The Balaban J connectivity index is 1.20. The fourth-order valence-electron chi connectivity index (χ4n) is 5.41. The van der Waals surface area contributed by atoms with Gasteiger partial charge in [0.1, 0.15) is 11.2 Å². The second-order valence-corrected chi connectivity index (χ2v) is 9.93. The van der Waals surface area contributed by atoms with Gasteiger partial charge in [-0.3, -0.25) is 15.1 Å². The van der Waals surface area contributed by atoms with Gasteiger partial charge in [0.15, 0.2) is 17.1 Å². The van der Waals surface area contributed by atoms with Crippen molar-refractivity contribution in [2.24, 2.45) is 5.92 Å². The Labute approximate surface area is 219 Å². The lowest BCUT2D eigenvalue weighted by molar-refractivity contribution is 0.489. The molecule has 0 aliphatic heterocycles. The fourth-order valence-corrected chi connectivity index (χ4v) is 5.41. The summed E-state index contributed by atoms with van der Waals surface area (Å²) in [7, 11) is 0. The Morgan fingerprint density at radius 3 is 2.61 bits per heavy atom. The molecule has 0 atom stereocenters. The highest BCUT2D eigenvalue weighted by Crippen LogP contribution is 2.31. The quantitative estimate of drug-likeness (QED) is 0.271. The first-order valence-electron chi connectivity index (χ1n) is 13.1. The zero-order chi connectivity index (χ0) is 25.3. The van der Waals surface area contributed by atoms with Crippen LogP contribution in [-0.2, 0) is 6.54 Å². The van der Waals surface area contributed by atoms with Crippen LogP contribution >= 0.6 is 0 Å². The van der Waals surface area contributed by atoms with Gasteiger partial charge in [0.25, 0.3) is 0 Å². The summed E-state index contributed by atoms with van der Waals surface area (Å²) in [5.41, 5.74) is 8.10. The lowest BCUT2D eigenvalue weighted by Crippen LogP contribution is -2.20. The van der Waals surface area contributed by atoms with Crippen molar-refractivity contribution in [3.63, 3.8) is 0 Å². The molecule has 0 amide bonds. The van der Waals surface area contributed by atoms with Crippen LogP contribution in [0.15, 0.2) is 67.5 Å². The van der Waals surface area contributed by atoms with E-state index in [4.69, 9.17) is 4.98 Å². The molecule has 38 heavy (non-hydrogen) atoms. The number of aromatic amines is 2. The number of hydrogen-bond donors (Lipinski definition) is 3. The molecular weight excluding hydrogens is 474 g/mol. The van der Waals surface area contributed by atoms with Crippen LogP contribution in [0.2, 0.25) is 0 Å². The standard InChI is InChI=1S/C29H27N9/c1-2-4-18(3-1)13-31-14-19-11-21(16-32-15-19)22-12-24-26(37-38-27(24)34-17-22)29-35-25-23(7-10-33-28(25)36-29)20-5-8-30-9-6-20/h5-12,15-18,31H,1-4,13-14H2,(H,33,35,36)(H,34,37,38). The van der Waals surface area contributed by atoms with E-state index in [2.05, 4.69) is 52.6 Å². The van der Waals surface area contributed by atoms with Crippen LogP contribution in [-0.4, -0.2) is 46.6 Å². The highest BCUT2D eigenvalue weighted by atomic mass is 15.2. The van der Waals surface area contributed by atoms with Crippen LogP contribution in [0.5, 0.6) is 0 Å². The Bertz CT molecular complexity index is 1710. The number of imidazole rings is 1. The molecule has 7 rings (SSSR count). The van der Waals surface area contributed by atoms with Crippen LogP contribution in [0.4, 0.5) is 0 Å². The second kappa shape index (κ2) is 9.75. The van der Waals surface area contributed by atoms with E-state index in [1.807, 2.05) is 36.8 Å². The number of fused-ring (bicyclic) bond motifs is 2. The summed E-state index contributed by atoms with van der Waals surface area (Å²) >= 11 is 0. The molecule has 9 heteroatoms. The summed E-state index contributed by atoms with van der Waals surface area (Å²) in [6.45, 7) is 1.89. The molecule has 1 fully saturated rings. The number of H-pyrrole nitrogens is 2. The normalized spacial score (nSPS) is 14.1.